The van der Waals surface area contributed by atoms with Gasteiger partial charge in [0.1, 0.15) is 0 Å². The van der Waals surface area contributed by atoms with Gasteiger partial charge >= 0.3 is 5.97 Å². The Labute approximate surface area is 126 Å². The summed E-state index contributed by atoms with van der Waals surface area (Å²) >= 11 is 6.02. The Balaban J connectivity index is 2.39. The van der Waals surface area contributed by atoms with Gasteiger partial charge in [0.25, 0.3) is 0 Å². The first-order valence-electron chi connectivity index (χ1n) is 6.46. The number of hydrogen-bond donors (Lipinski definition) is 1. The molecule has 0 aliphatic heterocycles. The third kappa shape index (κ3) is 2.36. The van der Waals surface area contributed by atoms with Gasteiger partial charge in [-0.1, -0.05) is 41.9 Å². The molecule has 1 heterocycles. The van der Waals surface area contributed by atoms with Crippen molar-refractivity contribution in [2.24, 2.45) is 0 Å². The second-order valence-electron chi connectivity index (χ2n) is 4.79. The Morgan fingerprint density at radius 1 is 1.14 bits per heavy atom. The number of pyridine rings is 1. The molecule has 1 N–H and O–H groups in total. The Morgan fingerprint density at radius 3 is 2.62 bits per heavy atom. The highest BCUT2D eigenvalue weighted by atomic mass is 35.5. The molecular weight excluding hydrogens is 286 g/mol. The summed E-state index contributed by atoms with van der Waals surface area (Å²) in [6.45, 7) is 1.78. The summed E-state index contributed by atoms with van der Waals surface area (Å²) in [5.41, 5.74) is 3.05. The molecule has 0 atom stereocenters. The van der Waals surface area contributed by atoms with Crippen LogP contribution in [0.5, 0.6) is 0 Å². The van der Waals surface area contributed by atoms with Crippen LogP contribution in [0.2, 0.25) is 5.02 Å². The Hall–Kier alpha value is -2.39. The van der Waals surface area contributed by atoms with Crippen molar-refractivity contribution in [1.29, 1.82) is 0 Å². The number of aromatic carboxylic acids is 1. The van der Waals surface area contributed by atoms with E-state index < -0.39 is 5.97 Å². The van der Waals surface area contributed by atoms with Gasteiger partial charge in [0.2, 0.25) is 0 Å². The number of fused-ring (bicyclic) bond motifs is 1. The zero-order valence-electron chi connectivity index (χ0n) is 11.3. The van der Waals surface area contributed by atoms with Gasteiger partial charge in [-0.2, -0.15) is 0 Å². The minimum atomic E-state index is -0.950. The van der Waals surface area contributed by atoms with Crippen LogP contribution in [0, 0.1) is 6.92 Å². The number of nitrogens with zero attached hydrogens (tertiary/aromatic N) is 1. The lowest BCUT2D eigenvalue weighted by atomic mass is 9.98. The van der Waals surface area contributed by atoms with E-state index in [-0.39, 0.29) is 5.56 Å². The molecule has 1 aromatic heterocycles. The molecule has 0 amide bonds. The normalized spacial score (nSPS) is 10.8. The summed E-state index contributed by atoms with van der Waals surface area (Å²) in [5.74, 6) is -0.950. The van der Waals surface area contributed by atoms with Crippen LogP contribution in [-0.2, 0) is 0 Å². The topological polar surface area (TPSA) is 50.2 Å². The van der Waals surface area contributed by atoms with E-state index in [1.807, 2.05) is 30.3 Å². The van der Waals surface area contributed by atoms with Crippen LogP contribution in [0.15, 0.2) is 48.5 Å². The maximum atomic E-state index is 11.6. The predicted octanol–water partition coefficient (Wildman–Crippen LogP) is 4.56. The van der Waals surface area contributed by atoms with Crippen molar-refractivity contribution >= 4 is 28.5 Å². The van der Waals surface area contributed by atoms with E-state index in [4.69, 9.17) is 11.6 Å². The molecule has 21 heavy (non-hydrogen) atoms. The largest absolute Gasteiger partial charge is 0.478 e. The summed E-state index contributed by atoms with van der Waals surface area (Å²) in [7, 11) is 0. The van der Waals surface area contributed by atoms with Crippen LogP contribution >= 0.6 is 11.6 Å². The molecule has 3 nitrogen and oxygen atoms in total. The molecule has 3 aromatic rings. The molecule has 3 rings (SSSR count). The Morgan fingerprint density at radius 2 is 1.90 bits per heavy atom. The molecule has 0 spiro atoms. The van der Waals surface area contributed by atoms with Crippen LogP contribution in [0.3, 0.4) is 0 Å². The van der Waals surface area contributed by atoms with Crippen LogP contribution < -0.4 is 0 Å². The van der Waals surface area contributed by atoms with Crippen LogP contribution in [-0.4, -0.2) is 16.1 Å². The van der Waals surface area contributed by atoms with E-state index in [1.54, 1.807) is 25.1 Å². The standard InChI is InChI=1S/C17H12ClNO2/c1-10-15(17(20)21)13-7-2-3-8-14(13)19-16(10)11-5-4-6-12(18)9-11/h2-9H,1H3,(H,20,21). The zero-order chi connectivity index (χ0) is 15.0. The van der Waals surface area contributed by atoms with E-state index in [0.29, 0.717) is 27.2 Å². The van der Waals surface area contributed by atoms with Crippen molar-refractivity contribution in [3.63, 3.8) is 0 Å². The monoisotopic (exact) mass is 297 g/mol. The number of rotatable bonds is 2. The molecule has 0 fully saturated rings. The molecule has 0 unspecified atom stereocenters. The Bertz CT molecular complexity index is 859. The van der Waals surface area contributed by atoms with Crippen molar-refractivity contribution < 1.29 is 9.90 Å². The predicted molar refractivity (Wildman–Crippen MR) is 83.9 cm³/mol. The van der Waals surface area contributed by atoms with Gasteiger partial charge in [0.05, 0.1) is 16.8 Å². The number of carboxylic acids is 1. The van der Waals surface area contributed by atoms with E-state index in [0.717, 1.165) is 5.56 Å². The third-order valence-electron chi connectivity index (χ3n) is 3.45. The lowest BCUT2D eigenvalue weighted by Gasteiger charge is -2.12. The summed E-state index contributed by atoms with van der Waals surface area (Å²) in [6.07, 6.45) is 0. The molecule has 0 aliphatic rings. The van der Waals surface area contributed by atoms with Crippen LogP contribution in [0.4, 0.5) is 0 Å². The summed E-state index contributed by atoms with van der Waals surface area (Å²) in [6, 6.07) is 14.5. The highest BCUT2D eigenvalue weighted by Crippen LogP contribution is 2.30. The van der Waals surface area contributed by atoms with Crippen molar-refractivity contribution in [2.45, 2.75) is 6.92 Å². The first-order chi connectivity index (χ1) is 10.1. The molecule has 0 radical (unpaired) electrons. The van der Waals surface area contributed by atoms with Gasteiger partial charge < -0.3 is 5.11 Å². The lowest BCUT2D eigenvalue weighted by molar-refractivity contribution is 0.0698. The van der Waals surface area contributed by atoms with E-state index in [2.05, 4.69) is 4.98 Å². The van der Waals surface area contributed by atoms with Gasteiger partial charge in [0.15, 0.2) is 0 Å². The fraction of sp³-hybridized carbons (Fsp3) is 0.0588. The lowest BCUT2D eigenvalue weighted by Crippen LogP contribution is -2.04. The van der Waals surface area contributed by atoms with E-state index in [9.17, 15) is 9.90 Å². The van der Waals surface area contributed by atoms with Gasteiger partial charge in [-0.05, 0) is 30.7 Å². The number of halogens is 1. The van der Waals surface area contributed by atoms with Crippen molar-refractivity contribution in [2.75, 3.05) is 0 Å². The third-order valence-corrected chi connectivity index (χ3v) is 3.68. The number of para-hydroxylation sites is 1. The average Bonchev–Trinajstić information content (AvgIpc) is 2.46. The first kappa shape index (κ1) is 13.6. The molecule has 0 bridgehead atoms. The van der Waals surface area contributed by atoms with Gasteiger partial charge in [-0.25, -0.2) is 9.78 Å². The molecule has 4 heteroatoms. The molecule has 0 saturated heterocycles. The summed E-state index contributed by atoms with van der Waals surface area (Å²) in [4.78, 5) is 16.2. The highest BCUT2D eigenvalue weighted by molar-refractivity contribution is 6.30. The maximum Gasteiger partial charge on any atom is 0.336 e. The van der Waals surface area contributed by atoms with Crippen LogP contribution in [0.1, 0.15) is 15.9 Å². The van der Waals surface area contributed by atoms with Crippen molar-refractivity contribution in [3.8, 4) is 11.3 Å². The fourth-order valence-corrected chi connectivity index (χ4v) is 2.69. The molecular formula is C17H12ClNO2. The number of carboxylic acid groups (broad SMARTS) is 1. The van der Waals surface area contributed by atoms with Crippen LogP contribution in [0.25, 0.3) is 22.2 Å². The fourth-order valence-electron chi connectivity index (χ4n) is 2.50. The highest BCUT2D eigenvalue weighted by Gasteiger charge is 2.17. The van der Waals surface area contributed by atoms with Gasteiger partial charge in [0, 0.05) is 16.0 Å². The smallest absolute Gasteiger partial charge is 0.336 e. The minimum Gasteiger partial charge on any atom is -0.478 e. The van der Waals surface area contributed by atoms with Crippen molar-refractivity contribution in [1.82, 2.24) is 4.98 Å². The first-order valence-corrected chi connectivity index (χ1v) is 6.84. The molecule has 0 saturated carbocycles. The SMILES string of the molecule is Cc1c(-c2cccc(Cl)c2)nc2ccccc2c1C(=O)O. The zero-order valence-corrected chi connectivity index (χ0v) is 12.1. The van der Waals surface area contributed by atoms with Gasteiger partial charge in [-0.15, -0.1) is 0 Å². The number of hydrogen-bond acceptors (Lipinski definition) is 2. The minimum absolute atomic E-state index is 0.288. The summed E-state index contributed by atoms with van der Waals surface area (Å²) < 4.78 is 0. The second-order valence-corrected chi connectivity index (χ2v) is 5.23. The quantitative estimate of drug-likeness (QED) is 0.754. The number of carbonyl (C=O) groups is 1. The maximum absolute atomic E-state index is 11.6. The second kappa shape index (κ2) is 5.19. The summed E-state index contributed by atoms with van der Waals surface area (Å²) in [5, 5.41) is 10.8. The van der Waals surface area contributed by atoms with E-state index in [1.165, 1.54) is 0 Å². The van der Waals surface area contributed by atoms with E-state index >= 15 is 0 Å². The number of benzene rings is 2. The average molecular weight is 298 g/mol. The van der Waals surface area contributed by atoms with Crippen molar-refractivity contribution in [3.05, 3.63) is 64.7 Å². The number of aromatic nitrogens is 1. The molecule has 0 aliphatic carbocycles. The molecule has 2 aromatic carbocycles. The Kier molecular flexibility index (Phi) is 3.35. The van der Waals surface area contributed by atoms with Gasteiger partial charge in [-0.3, -0.25) is 0 Å². The molecule has 104 valence electrons.